The number of hydrogen-bond acceptors (Lipinski definition) is 3. The molecule has 0 fully saturated rings. The van der Waals surface area contributed by atoms with Crippen molar-refractivity contribution in [2.45, 2.75) is 29.5 Å². The molecule has 134 valence electrons. The summed E-state index contributed by atoms with van der Waals surface area (Å²) in [5.41, 5.74) is -0.837. The van der Waals surface area contributed by atoms with Crippen molar-refractivity contribution >= 4 is 10.0 Å². The van der Waals surface area contributed by atoms with Crippen LogP contribution in [0.2, 0.25) is 0 Å². The van der Waals surface area contributed by atoms with Gasteiger partial charge in [-0.05, 0) is 42.2 Å². The molecule has 0 aliphatic heterocycles. The summed E-state index contributed by atoms with van der Waals surface area (Å²) in [4.78, 5) is -0.489. The number of aliphatic hydroxyl groups is 1. The van der Waals surface area contributed by atoms with E-state index in [1.54, 1.807) is 12.1 Å². The van der Waals surface area contributed by atoms with E-state index in [-0.39, 0.29) is 6.54 Å². The maximum atomic E-state index is 12.8. The van der Waals surface area contributed by atoms with Crippen LogP contribution in [0.3, 0.4) is 0 Å². The normalized spacial score (nSPS) is 20.5. The first-order valence-electron chi connectivity index (χ1n) is 7.60. The number of nitrogens with one attached hydrogen (secondary N) is 1. The van der Waals surface area contributed by atoms with Crippen LogP contribution in [-0.2, 0) is 28.2 Å². The molecule has 0 saturated carbocycles. The molecular formula is C17H16F3NO3S. The predicted molar refractivity (Wildman–Crippen MR) is 85.3 cm³/mol. The number of aryl methyl sites for hydroxylation is 1. The fraction of sp³-hybridized carbons (Fsp3) is 0.294. The van der Waals surface area contributed by atoms with E-state index in [0.717, 1.165) is 23.8 Å². The summed E-state index contributed by atoms with van der Waals surface area (Å²) in [7, 11) is -4.18. The Kier molecular flexibility index (Phi) is 4.38. The van der Waals surface area contributed by atoms with E-state index in [4.69, 9.17) is 0 Å². The summed E-state index contributed by atoms with van der Waals surface area (Å²) in [6.45, 7) is -0.303. The molecule has 0 bridgehead atoms. The van der Waals surface area contributed by atoms with Crippen molar-refractivity contribution in [2.75, 3.05) is 6.54 Å². The lowest BCUT2D eigenvalue weighted by atomic mass is 9.96. The number of alkyl halides is 3. The summed E-state index contributed by atoms with van der Waals surface area (Å²) in [5.74, 6) is 0. The topological polar surface area (TPSA) is 66.4 Å². The van der Waals surface area contributed by atoms with Crippen molar-refractivity contribution in [1.82, 2.24) is 4.72 Å². The molecule has 1 aliphatic rings. The molecule has 4 nitrogen and oxygen atoms in total. The van der Waals surface area contributed by atoms with Crippen LogP contribution in [0.5, 0.6) is 0 Å². The quantitative estimate of drug-likeness (QED) is 0.869. The third-order valence-electron chi connectivity index (χ3n) is 4.35. The largest absolute Gasteiger partial charge is 0.416 e. The highest BCUT2D eigenvalue weighted by Gasteiger charge is 2.38. The summed E-state index contributed by atoms with van der Waals surface area (Å²) in [6.07, 6.45) is -3.68. The van der Waals surface area contributed by atoms with E-state index < -0.39 is 32.3 Å². The van der Waals surface area contributed by atoms with Crippen LogP contribution in [0, 0.1) is 0 Å². The molecule has 3 rings (SSSR count). The van der Waals surface area contributed by atoms with Crippen molar-refractivity contribution in [1.29, 1.82) is 0 Å². The molecular weight excluding hydrogens is 355 g/mol. The van der Waals surface area contributed by atoms with Gasteiger partial charge in [0.1, 0.15) is 5.60 Å². The minimum atomic E-state index is -4.63. The summed E-state index contributed by atoms with van der Waals surface area (Å²) in [6, 6.07) is 10.7. The predicted octanol–water partition coefficient (Wildman–Crippen LogP) is 2.82. The Labute approximate surface area is 143 Å². The highest BCUT2D eigenvalue weighted by Crippen LogP contribution is 2.36. The molecule has 0 aromatic heterocycles. The first kappa shape index (κ1) is 17.9. The fourth-order valence-electron chi connectivity index (χ4n) is 2.99. The molecule has 0 unspecified atom stereocenters. The summed E-state index contributed by atoms with van der Waals surface area (Å²) in [5, 5.41) is 10.7. The highest BCUT2D eigenvalue weighted by molar-refractivity contribution is 7.89. The van der Waals surface area contributed by atoms with Gasteiger partial charge in [-0.2, -0.15) is 13.2 Å². The van der Waals surface area contributed by atoms with Crippen LogP contribution in [-0.4, -0.2) is 20.1 Å². The van der Waals surface area contributed by atoms with Gasteiger partial charge in [-0.25, -0.2) is 13.1 Å². The second kappa shape index (κ2) is 6.12. The summed E-state index contributed by atoms with van der Waals surface area (Å²) >= 11 is 0. The minimum Gasteiger partial charge on any atom is -0.384 e. The fourth-order valence-corrected chi connectivity index (χ4v) is 4.12. The van der Waals surface area contributed by atoms with E-state index in [0.29, 0.717) is 24.5 Å². The molecule has 8 heteroatoms. The average Bonchev–Trinajstić information content (AvgIpc) is 2.91. The van der Waals surface area contributed by atoms with Crippen LogP contribution < -0.4 is 4.72 Å². The minimum absolute atomic E-state index is 0.303. The lowest BCUT2D eigenvalue weighted by Crippen LogP contribution is -2.39. The molecule has 1 atom stereocenters. The standard InChI is InChI=1S/C17H16F3NO3S/c18-17(19,20)13-5-3-6-14(10-13)25(23,24)21-11-16(22)9-8-12-4-1-2-7-15(12)16/h1-7,10,21-22H,8-9,11H2/t16-/m0/s1. The third-order valence-corrected chi connectivity index (χ3v) is 5.75. The van der Waals surface area contributed by atoms with Crippen LogP contribution in [0.1, 0.15) is 23.1 Å². The molecule has 2 N–H and O–H groups in total. The van der Waals surface area contributed by atoms with Gasteiger partial charge in [-0.3, -0.25) is 0 Å². The summed E-state index contributed by atoms with van der Waals surface area (Å²) < 4.78 is 65.2. The second-order valence-electron chi connectivity index (χ2n) is 6.04. The molecule has 0 saturated heterocycles. The smallest absolute Gasteiger partial charge is 0.384 e. The van der Waals surface area contributed by atoms with Gasteiger partial charge in [0, 0.05) is 6.54 Å². The number of rotatable bonds is 4. The van der Waals surface area contributed by atoms with Crippen molar-refractivity contribution in [2.24, 2.45) is 0 Å². The number of fused-ring (bicyclic) bond motifs is 1. The van der Waals surface area contributed by atoms with Gasteiger partial charge in [0.2, 0.25) is 10.0 Å². The first-order chi connectivity index (χ1) is 11.6. The van der Waals surface area contributed by atoms with Crippen LogP contribution in [0.15, 0.2) is 53.4 Å². The number of sulfonamides is 1. The zero-order valence-electron chi connectivity index (χ0n) is 13.0. The maximum Gasteiger partial charge on any atom is 0.416 e. The Balaban J connectivity index is 1.82. The Bertz CT molecular complexity index is 896. The van der Waals surface area contributed by atoms with Crippen molar-refractivity contribution in [3.63, 3.8) is 0 Å². The lowest BCUT2D eigenvalue weighted by molar-refractivity contribution is -0.137. The van der Waals surface area contributed by atoms with Crippen molar-refractivity contribution < 1.29 is 26.7 Å². The molecule has 0 radical (unpaired) electrons. The van der Waals surface area contributed by atoms with Gasteiger partial charge in [0.15, 0.2) is 0 Å². The van der Waals surface area contributed by atoms with Crippen LogP contribution in [0.25, 0.3) is 0 Å². The van der Waals surface area contributed by atoms with Crippen molar-refractivity contribution in [3.05, 3.63) is 65.2 Å². The monoisotopic (exact) mass is 371 g/mol. The van der Waals surface area contributed by atoms with E-state index in [9.17, 15) is 26.7 Å². The van der Waals surface area contributed by atoms with Gasteiger partial charge >= 0.3 is 6.18 Å². The number of benzene rings is 2. The van der Waals surface area contributed by atoms with Gasteiger partial charge in [0.25, 0.3) is 0 Å². The molecule has 25 heavy (non-hydrogen) atoms. The maximum absolute atomic E-state index is 12.8. The van der Waals surface area contributed by atoms with E-state index in [1.807, 2.05) is 12.1 Å². The van der Waals surface area contributed by atoms with Gasteiger partial charge in [-0.15, -0.1) is 0 Å². The Morgan fingerprint density at radius 1 is 1.12 bits per heavy atom. The zero-order valence-corrected chi connectivity index (χ0v) is 13.9. The van der Waals surface area contributed by atoms with E-state index in [1.165, 1.54) is 0 Å². The molecule has 0 spiro atoms. The Morgan fingerprint density at radius 3 is 2.56 bits per heavy atom. The third kappa shape index (κ3) is 3.56. The van der Waals surface area contributed by atoms with Gasteiger partial charge in [-0.1, -0.05) is 30.3 Å². The highest BCUT2D eigenvalue weighted by atomic mass is 32.2. The SMILES string of the molecule is O=S(=O)(NC[C@@]1(O)CCc2ccccc21)c1cccc(C(F)(F)F)c1. The van der Waals surface area contributed by atoms with Gasteiger partial charge in [0.05, 0.1) is 10.5 Å². The first-order valence-corrected chi connectivity index (χ1v) is 9.08. The van der Waals surface area contributed by atoms with Crippen LogP contribution >= 0.6 is 0 Å². The number of hydrogen-bond donors (Lipinski definition) is 2. The zero-order chi connectivity index (χ0) is 18.3. The average molecular weight is 371 g/mol. The second-order valence-corrected chi connectivity index (χ2v) is 7.81. The van der Waals surface area contributed by atoms with E-state index in [2.05, 4.69) is 4.72 Å². The molecule has 1 aliphatic carbocycles. The Morgan fingerprint density at radius 2 is 1.84 bits per heavy atom. The van der Waals surface area contributed by atoms with Crippen LogP contribution in [0.4, 0.5) is 13.2 Å². The van der Waals surface area contributed by atoms with E-state index >= 15 is 0 Å². The molecule has 0 amide bonds. The molecule has 0 heterocycles. The van der Waals surface area contributed by atoms with Crippen molar-refractivity contribution in [3.8, 4) is 0 Å². The Hall–Kier alpha value is -1.90. The van der Waals surface area contributed by atoms with Gasteiger partial charge < -0.3 is 5.11 Å². The molecule has 2 aromatic carbocycles. The lowest BCUT2D eigenvalue weighted by Gasteiger charge is -2.24. The number of halogens is 3. The molecule has 2 aromatic rings.